The Kier molecular flexibility index (Phi) is 3.83. The summed E-state index contributed by atoms with van der Waals surface area (Å²) >= 11 is 5.82. The van der Waals surface area contributed by atoms with Crippen LogP contribution in [0.4, 0.5) is 0 Å². The fourth-order valence-electron chi connectivity index (χ4n) is 1.58. The number of carbonyl (C=O) groups excluding carboxylic acids is 1. The van der Waals surface area contributed by atoms with Crippen LogP contribution in [-0.2, 0) is 0 Å². The van der Waals surface area contributed by atoms with Crippen LogP contribution in [0.25, 0.3) is 5.69 Å². The van der Waals surface area contributed by atoms with E-state index in [1.54, 1.807) is 35.9 Å². The predicted octanol–water partition coefficient (Wildman–Crippen LogP) is 1.59. The van der Waals surface area contributed by atoms with Gasteiger partial charge in [0.1, 0.15) is 0 Å². The summed E-state index contributed by atoms with van der Waals surface area (Å²) in [7, 11) is 0. The zero-order chi connectivity index (χ0) is 13.8. The van der Waals surface area contributed by atoms with Crippen molar-refractivity contribution < 1.29 is 4.79 Å². The number of rotatable bonds is 3. The molecule has 0 atom stereocenters. The average Bonchev–Trinajstić information content (AvgIpc) is 2.79. The summed E-state index contributed by atoms with van der Waals surface area (Å²) in [5.41, 5.74) is 1.67. The van der Waals surface area contributed by atoms with Crippen molar-refractivity contribution in [2.24, 2.45) is 0 Å². The maximum absolute atomic E-state index is 11.8. The van der Waals surface area contributed by atoms with E-state index in [-0.39, 0.29) is 18.1 Å². The van der Waals surface area contributed by atoms with Crippen molar-refractivity contribution in [2.45, 2.75) is 6.92 Å². The van der Waals surface area contributed by atoms with Crippen LogP contribution in [0.2, 0.25) is 5.02 Å². The summed E-state index contributed by atoms with van der Waals surface area (Å²) in [4.78, 5) is 11.8. The molecule has 1 aromatic carbocycles. The van der Waals surface area contributed by atoms with Gasteiger partial charge in [0.05, 0.1) is 17.9 Å². The summed E-state index contributed by atoms with van der Waals surface area (Å²) in [6, 6.07) is 7.09. The summed E-state index contributed by atoms with van der Waals surface area (Å²) in [6.07, 6.45) is 5.08. The van der Waals surface area contributed by atoms with Gasteiger partial charge in [0, 0.05) is 5.02 Å². The van der Waals surface area contributed by atoms with Crippen LogP contribution in [0.15, 0.2) is 24.3 Å². The average molecular weight is 275 g/mol. The van der Waals surface area contributed by atoms with Crippen LogP contribution in [0, 0.1) is 19.3 Å². The third kappa shape index (κ3) is 2.75. The van der Waals surface area contributed by atoms with E-state index in [2.05, 4.69) is 21.5 Å². The lowest BCUT2D eigenvalue weighted by atomic mass is 10.3. The molecule has 2 aromatic rings. The van der Waals surface area contributed by atoms with Crippen LogP contribution < -0.4 is 5.32 Å². The molecule has 2 rings (SSSR count). The van der Waals surface area contributed by atoms with Crippen molar-refractivity contribution in [1.29, 1.82) is 0 Å². The van der Waals surface area contributed by atoms with E-state index in [0.717, 1.165) is 5.69 Å². The van der Waals surface area contributed by atoms with Gasteiger partial charge >= 0.3 is 0 Å². The maximum atomic E-state index is 11.8. The minimum absolute atomic E-state index is 0.159. The molecule has 1 aromatic heterocycles. The van der Waals surface area contributed by atoms with Gasteiger partial charge in [-0.15, -0.1) is 11.5 Å². The van der Waals surface area contributed by atoms with Crippen molar-refractivity contribution in [1.82, 2.24) is 20.3 Å². The Morgan fingerprint density at radius 2 is 2.16 bits per heavy atom. The van der Waals surface area contributed by atoms with Crippen LogP contribution in [0.1, 0.15) is 16.2 Å². The van der Waals surface area contributed by atoms with Gasteiger partial charge in [0.2, 0.25) is 0 Å². The van der Waals surface area contributed by atoms with Crippen LogP contribution in [0.3, 0.4) is 0 Å². The van der Waals surface area contributed by atoms with Gasteiger partial charge in [-0.25, -0.2) is 4.68 Å². The lowest BCUT2D eigenvalue weighted by Gasteiger charge is -2.03. The second-order valence-corrected chi connectivity index (χ2v) is 4.23. The standard InChI is InChI=1S/C13H11ClN4O/c1-3-8-15-13(19)12-9(2)18(17-16-12)11-6-4-10(14)5-7-11/h1,4-7H,8H2,2H3,(H,15,19). The fraction of sp³-hybridized carbons (Fsp3) is 0.154. The molecule has 0 unspecified atom stereocenters. The zero-order valence-corrected chi connectivity index (χ0v) is 11.0. The van der Waals surface area contributed by atoms with Crippen LogP contribution in [-0.4, -0.2) is 27.4 Å². The predicted molar refractivity (Wildman–Crippen MR) is 72.3 cm³/mol. The minimum Gasteiger partial charge on any atom is -0.340 e. The van der Waals surface area contributed by atoms with Gasteiger partial charge < -0.3 is 5.32 Å². The number of terminal acetylenes is 1. The zero-order valence-electron chi connectivity index (χ0n) is 10.2. The van der Waals surface area contributed by atoms with E-state index in [1.807, 2.05) is 0 Å². The first-order valence-corrected chi connectivity index (χ1v) is 5.91. The monoisotopic (exact) mass is 274 g/mol. The Balaban J connectivity index is 2.30. The summed E-state index contributed by atoms with van der Waals surface area (Å²) in [5, 5.41) is 11.0. The molecule has 0 saturated carbocycles. The van der Waals surface area contributed by atoms with Gasteiger partial charge in [-0.3, -0.25) is 4.79 Å². The Morgan fingerprint density at radius 1 is 1.47 bits per heavy atom. The molecule has 0 saturated heterocycles. The number of nitrogens with one attached hydrogen (secondary N) is 1. The van der Waals surface area contributed by atoms with Crippen molar-refractivity contribution in [3.63, 3.8) is 0 Å². The molecule has 0 aliphatic carbocycles. The van der Waals surface area contributed by atoms with Crippen molar-refractivity contribution in [2.75, 3.05) is 6.54 Å². The lowest BCUT2D eigenvalue weighted by Crippen LogP contribution is -2.24. The molecule has 6 heteroatoms. The molecule has 0 spiro atoms. The lowest BCUT2D eigenvalue weighted by molar-refractivity contribution is 0.0953. The molecule has 1 amide bonds. The highest BCUT2D eigenvalue weighted by Crippen LogP contribution is 2.15. The van der Waals surface area contributed by atoms with E-state index in [1.165, 1.54) is 0 Å². The van der Waals surface area contributed by atoms with Crippen LogP contribution in [0.5, 0.6) is 0 Å². The fourth-order valence-corrected chi connectivity index (χ4v) is 1.71. The van der Waals surface area contributed by atoms with E-state index < -0.39 is 0 Å². The van der Waals surface area contributed by atoms with E-state index in [9.17, 15) is 4.79 Å². The summed E-state index contributed by atoms with van der Waals surface area (Å²) in [6.45, 7) is 1.92. The van der Waals surface area contributed by atoms with E-state index in [0.29, 0.717) is 10.7 Å². The smallest absolute Gasteiger partial charge is 0.274 e. The summed E-state index contributed by atoms with van der Waals surface area (Å²) < 4.78 is 1.57. The first-order valence-electron chi connectivity index (χ1n) is 5.53. The SMILES string of the molecule is C#CCNC(=O)c1nnn(-c2ccc(Cl)cc2)c1C. The Hall–Kier alpha value is -2.32. The highest BCUT2D eigenvalue weighted by atomic mass is 35.5. The van der Waals surface area contributed by atoms with Gasteiger partial charge in [-0.2, -0.15) is 0 Å². The number of halogens is 1. The van der Waals surface area contributed by atoms with Crippen molar-refractivity contribution in [3.05, 3.63) is 40.7 Å². The molecule has 0 aliphatic rings. The number of nitrogens with zero attached hydrogens (tertiary/aromatic N) is 3. The number of hydrogen-bond donors (Lipinski definition) is 1. The highest BCUT2D eigenvalue weighted by molar-refractivity contribution is 6.30. The maximum Gasteiger partial charge on any atom is 0.274 e. The second-order valence-electron chi connectivity index (χ2n) is 3.80. The van der Waals surface area contributed by atoms with Crippen molar-refractivity contribution in [3.8, 4) is 18.0 Å². The van der Waals surface area contributed by atoms with Crippen molar-refractivity contribution >= 4 is 17.5 Å². The third-order valence-corrected chi connectivity index (χ3v) is 2.78. The Bertz CT molecular complexity index is 640. The summed E-state index contributed by atoms with van der Waals surface area (Å²) in [5.74, 6) is 1.99. The van der Waals surface area contributed by atoms with Gasteiger partial charge in [0.15, 0.2) is 5.69 Å². The first-order chi connectivity index (χ1) is 9.13. The number of benzene rings is 1. The molecule has 1 heterocycles. The Labute approximate surface area is 115 Å². The second kappa shape index (κ2) is 5.55. The molecule has 96 valence electrons. The molecular weight excluding hydrogens is 264 g/mol. The quantitative estimate of drug-likeness (QED) is 0.865. The number of amides is 1. The number of hydrogen-bond acceptors (Lipinski definition) is 3. The topological polar surface area (TPSA) is 59.8 Å². The normalized spacial score (nSPS) is 9.95. The Morgan fingerprint density at radius 3 is 2.79 bits per heavy atom. The molecular formula is C13H11ClN4O. The number of carbonyl (C=O) groups is 1. The molecule has 5 nitrogen and oxygen atoms in total. The minimum atomic E-state index is -0.337. The van der Waals surface area contributed by atoms with Crippen LogP contribution >= 0.6 is 11.6 Å². The molecule has 0 bridgehead atoms. The number of aromatic nitrogens is 3. The first kappa shape index (κ1) is 13.1. The molecule has 0 aliphatic heterocycles. The highest BCUT2D eigenvalue weighted by Gasteiger charge is 2.16. The van der Waals surface area contributed by atoms with Gasteiger partial charge in [0.25, 0.3) is 5.91 Å². The molecule has 0 fully saturated rings. The molecule has 19 heavy (non-hydrogen) atoms. The molecule has 1 N–H and O–H groups in total. The largest absolute Gasteiger partial charge is 0.340 e. The van der Waals surface area contributed by atoms with Gasteiger partial charge in [-0.05, 0) is 31.2 Å². The van der Waals surface area contributed by atoms with E-state index >= 15 is 0 Å². The van der Waals surface area contributed by atoms with Gasteiger partial charge in [-0.1, -0.05) is 22.7 Å². The third-order valence-electron chi connectivity index (χ3n) is 2.53. The molecule has 0 radical (unpaired) electrons. The van der Waals surface area contributed by atoms with E-state index in [4.69, 9.17) is 18.0 Å².